The van der Waals surface area contributed by atoms with Crippen molar-refractivity contribution in [1.29, 1.82) is 0 Å². The molecule has 1 aromatic heterocycles. The van der Waals surface area contributed by atoms with E-state index in [2.05, 4.69) is 16.8 Å². The van der Waals surface area contributed by atoms with E-state index in [-0.39, 0.29) is 12.7 Å². The number of aliphatic hydroxyl groups is 1. The summed E-state index contributed by atoms with van der Waals surface area (Å²) >= 11 is 0. The fourth-order valence-electron chi connectivity index (χ4n) is 2.58. The molecule has 0 radical (unpaired) electrons. The standard InChI is InChI=1S/C14H22N2O2/c1-10-4-5-16(8-13(10)18-3)14-11(2)6-12(9-17)7-15-14/h6-7,10,13,17H,4-5,8-9H2,1-3H3. The minimum Gasteiger partial charge on any atom is -0.392 e. The third-order valence-corrected chi connectivity index (χ3v) is 3.78. The van der Waals surface area contributed by atoms with Crippen LogP contribution < -0.4 is 4.90 Å². The molecule has 0 saturated carbocycles. The molecule has 0 amide bonds. The molecule has 0 spiro atoms. The van der Waals surface area contributed by atoms with Gasteiger partial charge in [0.05, 0.1) is 12.7 Å². The van der Waals surface area contributed by atoms with Gasteiger partial charge in [-0.25, -0.2) is 4.98 Å². The highest BCUT2D eigenvalue weighted by molar-refractivity contribution is 5.47. The highest BCUT2D eigenvalue weighted by Crippen LogP contribution is 2.26. The molecule has 4 nitrogen and oxygen atoms in total. The molecule has 18 heavy (non-hydrogen) atoms. The SMILES string of the molecule is COC1CN(c2ncc(CO)cc2C)CCC1C. The molecule has 0 aliphatic carbocycles. The first-order valence-electron chi connectivity index (χ1n) is 6.49. The van der Waals surface area contributed by atoms with E-state index in [1.165, 1.54) is 0 Å². The van der Waals surface area contributed by atoms with Crippen LogP contribution in [0.2, 0.25) is 0 Å². The molecule has 4 heteroatoms. The van der Waals surface area contributed by atoms with E-state index in [1.807, 2.05) is 13.0 Å². The number of aryl methyl sites for hydroxylation is 1. The lowest BCUT2D eigenvalue weighted by Gasteiger charge is -2.37. The third-order valence-electron chi connectivity index (χ3n) is 3.78. The van der Waals surface area contributed by atoms with E-state index in [4.69, 9.17) is 9.84 Å². The molecule has 1 aliphatic heterocycles. The van der Waals surface area contributed by atoms with Gasteiger partial charge in [0.25, 0.3) is 0 Å². The van der Waals surface area contributed by atoms with Crippen LogP contribution >= 0.6 is 0 Å². The topological polar surface area (TPSA) is 45.6 Å². The lowest BCUT2D eigenvalue weighted by Crippen LogP contribution is -2.44. The summed E-state index contributed by atoms with van der Waals surface area (Å²) in [5.74, 6) is 1.62. The zero-order valence-corrected chi connectivity index (χ0v) is 11.4. The number of piperidine rings is 1. The molecule has 2 atom stereocenters. The van der Waals surface area contributed by atoms with Crippen molar-refractivity contribution in [3.8, 4) is 0 Å². The Morgan fingerprint density at radius 2 is 2.33 bits per heavy atom. The number of nitrogens with zero attached hydrogens (tertiary/aromatic N) is 2. The van der Waals surface area contributed by atoms with Crippen LogP contribution in [0.15, 0.2) is 12.3 Å². The van der Waals surface area contributed by atoms with Crippen molar-refractivity contribution >= 4 is 5.82 Å². The number of pyridine rings is 1. The summed E-state index contributed by atoms with van der Waals surface area (Å²) in [6, 6.07) is 2.00. The van der Waals surface area contributed by atoms with E-state index in [0.717, 1.165) is 36.5 Å². The van der Waals surface area contributed by atoms with E-state index in [9.17, 15) is 0 Å². The summed E-state index contributed by atoms with van der Waals surface area (Å²) in [6.45, 7) is 6.24. The van der Waals surface area contributed by atoms with Gasteiger partial charge in [0.15, 0.2) is 0 Å². The van der Waals surface area contributed by atoms with Gasteiger partial charge in [-0.2, -0.15) is 0 Å². The van der Waals surface area contributed by atoms with Crippen LogP contribution in [0.4, 0.5) is 5.82 Å². The summed E-state index contributed by atoms with van der Waals surface area (Å²) in [7, 11) is 1.78. The first-order chi connectivity index (χ1) is 8.65. The van der Waals surface area contributed by atoms with Crippen LogP contribution in [-0.2, 0) is 11.3 Å². The molecule has 0 aromatic carbocycles. The normalized spacial score (nSPS) is 24.3. The van der Waals surface area contributed by atoms with Crippen molar-refractivity contribution in [2.75, 3.05) is 25.1 Å². The van der Waals surface area contributed by atoms with Crippen LogP contribution in [0.3, 0.4) is 0 Å². The summed E-state index contributed by atoms with van der Waals surface area (Å²) in [5, 5.41) is 9.10. The molecule has 1 aromatic rings. The number of methoxy groups -OCH3 is 1. The molecular weight excluding hydrogens is 228 g/mol. The Hall–Kier alpha value is -1.13. The second-order valence-electron chi connectivity index (χ2n) is 5.13. The summed E-state index contributed by atoms with van der Waals surface area (Å²) in [6.07, 6.45) is 3.15. The van der Waals surface area contributed by atoms with Crippen molar-refractivity contribution in [3.05, 3.63) is 23.4 Å². The summed E-state index contributed by atoms with van der Waals surface area (Å²) in [5.41, 5.74) is 1.98. The van der Waals surface area contributed by atoms with Gasteiger partial charge in [0, 0.05) is 26.4 Å². The number of aromatic nitrogens is 1. The van der Waals surface area contributed by atoms with Gasteiger partial charge >= 0.3 is 0 Å². The molecule has 100 valence electrons. The van der Waals surface area contributed by atoms with Gasteiger partial charge in [0.2, 0.25) is 0 Å². The number of aliphatic hydroxyl groups excluding tert-OH is 1. The number of hydrogen-bond acceptors (Lipinski definition) is 4. The first kappa shape index (κ1) is 13.3. The molecule has 2 unspecified atom stereocenters. The maximum absolute atomic E-state index is 9.10. The second kappa shape index (κ2) is 5.67. The fourth-order valence-corrected chi connectivity index (χ4v) is 2.58. The molecule has 1 aliphatic rings. The van der Waals surface area contributed by atoms with Crippen LogP contribution in [0.5, 0.6) is 0 Å². The van der Waals surface area contributed by atoms with E-state index < -0.39 is 0 Å². The second-order valence-corrected chi connectivity index (χ2v) is 5.13. The monoisotopic (exact) mass is 250 g/mol. The van der Waals surface area contributed by atoms with Gasteiger partial charge in [0.1, 0.15) is 5.82 Å². The Morgan fingerprint density at radius 1 is 1.56 bits per heavy atom. The first-order valence-corrected chi connectivity index (χ1v) is 6.49. The Labute approximate surface area is 109 Å². The van der Waals surface area contributed by atoms with Crippen molar-refractivity contribution in [2.45, 2.75) is 33.0 Å². The minimum atomic E-state index is 0.0475. The number of hydrogen-bond donors (Lipinski definition) is 1. The van der Waals surface area contributed by atoms with E-state index >= 15 is 0 Å². The number of ether oxygens (including phenoxy) is 1. The van der Waals surface area contributed by atoms with Gasteiger partial charge in [-0.3, -0.25) is 0 Å². The Morgan fingerprint density at radius 3 is 2.94 bits per heavy atom. The quantitative estimate of drug-likeness (QED) is 0.887. The van der Waals surface area contributed by atoms with Crippen molar-refractivity contribution in [1.82, 2.24) is 4.98 Å². The molecule has 1 saturated heterocycles. The number of rotatable bonds is 3. The van der Waals surface area contributed by atoms with Gasteiger partial charge < -0.3 is 14.7 Å². The predicted molar refractivity (Wildman–Crippen MR) is 71.7 cm³/mol. The van der Waals surface area contributed by atoms with Crippen molar-refractivity contribution in [2.24, 2.45) is 5.92 Å². The van der Waals surface area contributed by atoms with Crippen LogP contribution in [0, 0.1) is 12.8 Å². The van der Waals surface area contributed by atoms with Crippen LogP contribution in [-0.4, -0.2) is 36.4 Å². The third kappa shape index (κ3) is 2.65. The molecule has 2 rings (SSSR count). The summed E-state index contributed by atoms with van der Waals surface area (Å²) < 4.78 is 5.53. The molecule has 1 N–H and O–H groups in total. The summed E-state index contributed by atoms with van der Waals surface area (Å²) in [4.78, 5) is 6.76. The lowest BCUT2D eigenvalue weighted by atomic mass is 9.95. The van der Waals surface area contributed by atoms with E-state index in [1.54, 1.807) is 13.3 Å². The van der Waals surface area contributed by atoms with Gasteiger partial charge in [-0.1, -0.05) is 6.92 Å². The van der Waals surface area contributed by atoms with Crippen LogP contribution in [0.25, 0.3) is 0 Å². The average molecular weight is 250 g/mol. The van der Waals surface area contributed by atoms with Crippen molar-refractivity contribution in [3.63, 3.8) is 0 Å². The minimum absolute atomic E-state index is 0.0475. The Balaban J connectivity index is 2.16. The highest BCUT2D eigenvalue weighted by atomic mass is 16.5. The zero-order chi connectivity index (χ0) is 13.1. The smallest absolute Gasteiger partial charge is 0.131 e. The largest absolute Gasteiger partial charge is 0.392 e. The maximum Gasteiger partial charge on any atom is 0.131 e. The van der Waals surface area contributed by atoms with Crippen molar-refractivity contribution < 1.29 is 9.84 Å². The fraction of sp³-hybridized carbons (Fsp3) is 0.643. The average Bonchev–Trinajstić information content (AvgIpc) is 2.39. The Kier molecular flexibility index (Phi) is 4.19. The van der Waals surface area contributed by atoms with Crippen LogP contribution in [0.1, 0.15) is 24.5 Å². The maximum atomic E-state index is 9.10. The van der Waals surface area contributed by atoms with Gasteiger partial charge in [-0.05, 0) is 36.5 Å². The zero-order valence-electron chi connectivity index (χ0n) is 11.4. The molecular formula is C14H22N2O2. The molecule has 2 heterocycles. The lowest BCUT2D eigenvalue weighted by molar-refractivity contribution is 0.0496. The number of anilines is 1. The van der Waals surface area contributed by atoms with E-state index in [0.29, 0.717) is 5.92 Å². The van der Waals surface area contributed by atoms with Gasteiger partial charge in [-0.15, -0.1) is 0 Å². The Bertz CT molecular complexity index is 409. The highest BCUT2D eigenvalue weighted by Gasteiger charge is 2.27. The molecule has 0 bridgehead atoms. The molecule has 1 fully saturated rings. The predicted octanol–water partition coefficient (Wildman–Crippen LogP) is 1.74.